The number of anilines is 1. The molecule has 2 atom stereocenters. The highest BCUT2D eigenvalue weighted by molar-refractivity contribution is 6.04. The highest BCUT2D eigenvalue weighted by Crippen LogP contribution is 2.43. The predicted octanol–water partition coefficient (Wildman–Crippen LogP) is 5.51. The molecule has 0 radical (unpaired) electrons. The van der Waals surface area contributed by atoms with Gasteiger partial charge in [-0.05, 0) is 52.9 Å². The van der Waals surface area contributed by atoms with Crippen LogP contribution in [-0.4, -0.2) is 37.0 Å². The van der Waals surface area contributed by atoms with Crippen LogP contribution in [0.15, 0.2) is 72.8 Å². The number of nitrogens with zero attached hydrogens (tertiary/aromatic N) is 1. The first kappa shape index (κ1) is 23.6. The summed E-state index contributed by atoms with van der Waals surface area (Å²) < 4.78 is 19.0. The molecule has 0 aliphatic carbocycles. The molecule has 0 saturated heterocycles. The number of amides is 2. The second-order valence-corrected chi connectivity index (χ2v) is 8.82. The van der Waals surface area contributed by atoms with Gasteiger partial charge in [0.15, 0.2) is 0 Å². The summed E-state index contributed by atoms with van der Waals surface area (Å²) in [6.45, 7) is 4.85. The molecule has 0 unspecified atom stereocenters. The second kappa shape index (κ2) is 10.2. The van der Waals surface area contributed by atoms with Gasteiger partial charge in [0, 0.05) is 24.9 Å². The highest BCUT2D eigenvalue weighted by atomic mass is 19.1. The van der Waals surface area contributed by atoms with Crippen LogP contribution in [0.4, 0.5) is 10.1 Å². The Bertz CT molecular complexity index is 1160. The fraction of sp³-hybridized carbons (Fsp3) is 0.286. The summed E-state index contributed by atoms with van der Waals surface area (Å²) >= 11 is 0. The number of methoxy groups -OCH3 is 1. The van der Waals surface area contributed by atoms with E-state index in [2.05, 4.69) is 19.2 Å². The lowest BCUT2D eigenvalue weighted by Crippen LogP contribution is -2.47. The van der Waals surface area contributed by atoms with Crippen LogP contribution in [0.1, 0.15) is 58.8 Å². The van der Waals surface area contributed by atoms with E-state index in [0.717, 1.165) is 0 Å². The monoisotopic (exact) mass is 460 g/mol. The summed E-state index contributed by atoms with van der Waals surface area (Å²) in [6.07, 6.45) is 0. The number of hydrogen-bond donors (Lipinski definition) is 1. The van der Waals surface area contributed by atoms with E-state index < -0.39 is 12.0 Å². The maximum atomic E-state index is 13.8. The molecule has 3 aromatic rings. The largest absolute Gasteiger partial charge is 0.383 e. The van der Waals surface area contributed by atoms with Gasteiger partial charge in [-0.3, -0.25) is 9.59 Å². The summed E-state index contributed by atoms with van der Waals surface area (Å²) in [5.41, 5.74) is 3.71. The van der Waals surface area contributed by atoms with Crippen molar-refractivity contribution in [1.29, 1.82) is 0 Å². The summed E-state index contributed by atoms with van der Waals surface area (Å²) in [7, 11) is 1.57. The van der Waals surface area contributed by atoms with Gasteiger partial charge in [0.2, 0.25) is 5.91 Å². The summed E-state index contributed by atoms with van der Waals surface area (Å²) in [6, 6.07) is 20.4. The van der Waals surface area contributed by atoms with Gasteiger partial charge in [0.1, 0.15) is 5.82 Å². The fourth-order valence-corrected chi connectivity index (χ4v) is 4.51. The molecule has 3 aromatic carbocycles. The number of nitrogens with one attached hydrogen (secondary N) is 1. The molecule has 0 saturated carbocycles. The normalized spacial score (nSPS) is 17.6. The quantitative estimate of drug-likeness (QED) is 0.505. The number of carbonyl (C=O) groups is 2. The second-order valence-electron chi connectivity index (χ2n) is 8.82. The molecule has 1 N–H and O–H groups in total. The molecule has 34 heavy (non-hydrogen) atoms. The van der Waals surface area contributed by atoms with Crippen molar-refractivity contribution < 1.29 is 18.7 Å². The Labute approximate surface area is 199 Å². The number of halogens is 1. The van der Waals surface area contributed by atoms with Gasteiger partial charge >= 0.3 is 0 Å². The van der Waals surface area contributed by atoms with Crippen LogP contribution in [0.2, 0.25) is 0 Å². The van der Waals surface area contributed by atoms with Crippen molar-refractivity contribution in [2.45, 2.75) is 31.7 Å². The van der Waals surface area contributed by atoms with Gasteiger partial charge in [-0.1, -0.05) is 56.3 Å². The van der Waals surface area contributed by atoms with Crippen molar-refractivity contribution in [2.75, 3.05) is 25.6 Å². The Morgan fingerprint density at radius 2 is 1.71 bits per heavy atom. The topological polar surface area (TPSA) is 58.6 Å². The molecule has 2 amide bonds. The molecule has 4 rings (SSSR count). The predicted molar refractivity (Wildman–Crippen MR) is 130 cm³/mol. The van der Waals surface area contributed by atoms with Gasteiger partial charge in [-0.25, -0.2) is 4.39 Å². The van der Waals surface area contributed by atoms with Gasteiger partial charge in [0.05, 0.1) is 18.6 Å². The molecule has 0 spiro atoms. The molecule has 6 heteroatoms. The number of ether oxygens (including phenoxy) is 1. The smallest absolute Gasteiger partial charge is 0.254 e. The lowest BCUT2D eigenvalue weighted by Gasteiger charge is -2.41. The van der Waals surface area contributed by atoms with Crippen molar-refractivity contribution in [3.8, 4) is 0 Å². The van der Waals surface area contributed by atoms with E-state index in [9.17, 15) is 14.0 Å². The first-order valence-electron chi connectivity index (χ1n) is 11.5. The third-order valence-corrected chi connectivity index (χ3v) is 6.31. The third kappa shape index (κ3) is 4.73. The van der Waals surface area contributed by atoms with E-state index in [1.807, 2.05) is 36.4 Å². The highest BCUT2D eigenvalue weighted by Gasteiger charge is 2.44. The molecule has 1 aliphatic heterocycles. The minimum absolute atomic E-state index is 0.174. The van der Waals surface area contributed by atoms with Crippen LogP contribution >= 0.6 is 0 Å². The lowest BCUT2D eigenvalue weighted by atomic mass is 9.79. The zero-order valence-corrected chi connectivity index (χ0v) is 19.6. The number of benzene rings is 3. The number of rotatable bonds is 7. The van der Waals surface area contributed by atoms with Crippen molar-refractivity contribution in [3.63, 3.8) is 0 Å². The standard InChI is InChI=1S/C28H29FN2O3/c1-18(2)19-10-14-22(15-11-19)30-27(32)25-23-6-4-5-7-24(23)28(33)31(16-17-34-3)26(25)20-8-12-21(29)13-9-20/h4-15,18,25-26H,16-17H2,1-3H3,(H,30,32)/t25-,26-/m0/s1. The SMILES string of the molecule is COCCN1C(=O)c2ccccc2[C@H](C(=O)Nc2ccc(C(C)C)cc2)[C@@H]1c1ccc(F)cc1. The first-order chi connectivity index (χ1) is 16.4. The van der Waals surface area contributed by atoms with Gasteiger partial charge in [0.25, 0.3) is 5.91 Å². The van der Waals surface area contributed by atoms with E-state index >= 15 is 0 Å². The molecule has 1 heterocycles. The average molecular weight is 461 g/mol. The maximum Gasteiger partial charge on any atom is 0.254 e. The third-order valence-electron chi connectivity index (χ3n) is 6.31. The molecule has 0 fully saturated rings. The maximum absolute atomic E-state index is 13.8. The Morgan fingerprint density at radius 1 is 1.03 bits per heavy atom. The van der Waals surface area contributed by atoms with Crippen molar-refractivity contribution in [3.05, 3.63) is 101 Å². The summed E-state index contributed by atoms with van der Waals surface area (Å²) in [5, 5.41) is 3.04. The summed E-state index contributed by atoms with van der Waals surface area (Å²) in [4.78, 5) is 28.9. The Hall–Kier alpha value is -3.51. The van der Waals surface area contributed by atoms with Crippen LogP contribution in [0.5, 0.6) is 0 Å². The van der Waals surface area contributed by atoms with Crippen molar-refractivity contribution in [1.82, 2.24) is 4.90 Å². The molecule has 5 nitrogen and oxygen atoms in total. The van der Waals surface area contributed by atoms with E-state index in [1.54, 1.807) is 36.3 Å². The zero-order chi connectivity index (χ0) is 24.2. The zero-order valence-electron chi connectivity index (χ0n) is 19.6. The Morgan fingerprint density at radius 3 is 2.35 bits per heavy atom. The first-order valence-corrected chi connectivity index (χ1v) is 11.5. The van der Waals surface area contributed by atoms with Crippen LogP contribution in [-0.2, 0) is 9.53 Å². The summed E-state index contributed by atoms with van der Waals surface area (Å²) in [5.74, 6) is -1.07. The molecule has 176 valence electrons. The van der Waals surface area contributed by atoms with E-state index in [1.165, 1.54) is 17.7 Å². The number of hydrogen-bond acceptors (Lipinski definition) is 3. The van der Waals surface area contributed by atoms with Crippen LogP contribution in [0.3, 0.4) is 0 Å². The van der Waals surface area contributed by atoms with E-state index in [0.29, 0.717) is 41.4 Å². The van der Waals surface area contributed by atoms with Gasteiger partial charge in [-0.15, -0.1) is 0 Å². The van der Waals surface area contributed by atoms with Crippen molar-refractivity contribution in [2.24, 2.45) is 0 Å². The van der Waals surface area contributed by atoms with Crippen LogP contribution < -0.4 is 5.32 Å². The minimum atomic E-state index is -0.680. The minimum Gasteiger partial charge on any atom is -0.383 e. The molecule has 0 bridgehead atoms. The average Bonchev–Trinajstić information content (AvgIpc) is 2.84. The van der Waals surface area contributed by atoms with Gasteiger partial charge < -0.3 is 15.0 Å². The molecular weight excluding hydrogens is 431 g/mol. The molecular formula is C28H29FN2O3. The molecule has 0 aromatic heterocycles. The van der Waals surface area contributed by atoms with Crippen LogP contribution in [0, 0.1) is 5.82 Å². The van der Waals surface area contributed by atoms with Crippen LogP contribution in [0.25, 0.3) is 0 Å². The Balaban J connectivity index is 1.77. The van der Waals surface area contributed by atoms with E-state index in [4.69, 9.17) is 4.74 Å². The van der Waals surface area contributed by atoms with Crippen molar-refractivity contribution >= 4 is 17.5 Å². The number of fused-ring (bicyclic) bond motifs is 1. The van der Waals surface area contributed by atoms with E-state index in [-0.39, 0.29) is 17.6 Å². The number of carbonyl (C=O) groups excluding carboxylic acids is 2. The Kier molecular flexibility index (Phi) is 7.08. The lowest BCUT2D eigenvalue weighted by molar-refractivity contribution is -0.119. The fourth-order valence-electron chi connectivity index (χ4n) is 4.51. The molecule has 1 aliphatic rings. The van der Waals surface area contributed by atoms with Gasteiger partial charge in [-0.2, -0.15) is 0 Å².